The maximum absolute atomic E-state index is 12.7. The van der Waals surface area contributed by atoms with Gasteiger partial charge in [0.15, 0.2) is 0 Å². The van der Waals surface area contributed by atoms with Crippen molar-refractivity contribution in [2.45, 2.75) is 6.42 Å². The molecule has 4 heteroatoms. The maximum atomic E-state index is 12.7. The number of carbonyl (C=O) groups is 1. The second-order valence-corrected chi connectivity index (χ2v) is 2.85. The number of hydrogen-bond donors (Lipinski definition) is 1. The summed E-state index contributed by atoms with van der Waals surface area (Å²) in [6, 6.07) is 3.98. The van der Waals surface area contributed by atoms with E-state index in [1.807, 2.05) is 0 Å². The fourth-order valence-corrected chi connectivity index (χ4v) is 1.41. The SMILES string of the molecule is O=C1/C(=N/O)Cc2ccc(F)cc21. The molecule has 0 heterocycles. The third-order valence-electron chi connectivity index (χ3n) is 2.06. The molecule has 13 heavy (non-hydrogen) atoms. The number of ketones is 1. The summed E-state index contributed by atoms with van der Waals surface area (Å²) >= 11 is 0. The Balaban J connectivity index is 2.57. The minimum Gasteiger partial charge on any atom is -0.411 e. The lowest BCUT2D eigenvalue weighted by molar-refractivity contribution is 0.106. The molecule has 0 saturated heterocycles. The van der Waals surface area contributed by atoms with E-state index in [-0.39, 0.29) is 12.1 Å². The lowest BCUT2D eigenvalue weighted by Crippen LogP contribution is -2.06. The van der Waals surface area contributed by atoms with E-state index in [1.165, 1.54) is 12.1 Å². The lowest BCUT2D eigenvalue weighted by Gasteiger charge is -1.94. The maximum Gasteiger partial charge on any atom is 0.211 e. The molecule has 3 nitrogen and oxygen atoms in total. The van der Waals surface area contributed by atoms with Crippen LogP contribution >= 0.6 is 0 Å². The zero-order valence-electron chi connectivity index (χ0n) is 6.62. The molecule has 0 amide bonds. The summed E-state index contributed by atoms with van der Waals surface area (Å²) in [5.74, 6) is -0.844. The number of benzene rings is 1. The molecule has 1 aliphatic carbocycles. The molecule has 0 aliphatic heterocycles. The van der Waals surface area contributed by atoms with Gasteiger partial charge >= 0.3 is 0 Å². The van der Waals surface area contributed by atoms with E-state index >= 15 is 0 Å². The summed E-state index contributed by atoms with van der Waals surface area (Å²) in [7, 11) is 0. The van der Waals surface area contributed by atoms with Gasteiger partial charge in [-0.25, -0.2) is 4.39 Å². The predicted octanol–water partition coefficient (Wildman–Crippen LogP) is 1.39. The van der Waals surface area contributed by atoms with Crippen LogP contribution in [0.3, 0.4) is 0 Å². The minimum absolute atomic E-state index is 0.0700. The Bertz CT molecular complexity index is 412. The van der Waals surface area contributed by atoms with E-state index in [0.717, 1.165) is 6.07 Å². The molecule has 2 rings (SSSR count). The highest BCUT2D eigenvalue weighted by molar-refractivity contribution is 6.49. The zero-order valence-corrected chi connectivity index (χ0v) is 6.62. The standard InChI is InChI=1S/C9H6FNO2/c10-6-2-1-5-3-8(11-13)9(12)7(5)4-6/h1-2,4,13H,3H2/b11-8+. The average Bonchev–Trinajstić information content (AvgIpc) is 2.44. The number of hydrogen-bond acceptors (Lipinski definition) is 3. The number of nitrogens with zero attached hydrogens (tertiary/aromatic N) is 1. The van der Waals surface area contributed by atoms with Crippen molar-refractivity contribution in [1.82, 2.24) is 0 Å². The summed E-state index contributed by atoms with van der Waals surface area (Å²) in [5, 5.41) is 11.3. The van der Waals surface area contributed by atoms with E-state index in [4.69, 9.17) is 5.21 Å². The number of rotatable bonds is 0. The van der Waals surface area contributed by atoms with Gasteiger partial charge < -0.3 is 5.21 Å². The van der Waals surface area contributed by atoms with Gasteiger partial charge in [-0.1, -0.05) is 11.2 Å². The molecule has 0 aromatic heterocycles. The second kappa shape index (κ2) is 2.65. The highest BCUT2D eigenvalue weighted by atomic mass is 19.1. The molecule has 1 N–H and O–H groups in total. The fraction of sp³-hybridized carbons (Fsp3) is 0.111. The Morgan fingerprint density at radius 2 is 2.23 bits per heavy atom. The molecule has 0 fully saturated rings. The molecule has 1 aliphatic rings. The largest absolute Gasteiger partial charge is 0.411 e. The smallest absolute Gasteiger partial charge is 0.211 e. The van der Waals surface area contributed by atoms with Crippen LogP contribution in [0.1, 0.15) is 15.9 Å². The van der Waals surface area contributed by atoms with Crippen LogP contribution in [0.5, 0.6) is 0 Å². The van der Waals surface area contributed by atoms with Gasteiger partial charge in [0.2, 0.25) is 5.78 Å². The van der Waals surface area contributed by atoms with Crippen molar-refractivity contribution in [1.29, 1.82) is 0 Å². The predicted molar refractivity (Wildman–Crippen MR) is 43.7 cm³/mol. The molecule has 0 bridgehead atoms. The number of oxime groups is 1. The van der Waals surface area contributed by atoms with Crippen molar-refractivity contribution in [3.05, 3.63) is 35.1 Å². The Labute approximate surface area is 73.5 Å². The van der Waals surface area contributed by atoms with Gasteiger partial charge in [-0.3, -0.25) is 4.79 Å². The van der Waals surface area contributed by atoms with Gasteiger partial charge in [-0.2, -0.15) is 0 Å². The number of halogens is 1. The number of Topliss-reactive ketones (excluding diaryl/α,β-unsaturated/α-hetero) is 1. The van der Waals surface area contributed by atoms with Crippen LogP contribution in [0.15, 0.2) is 23.4 Å². The summed E-state index contributed by atoms with van der Waals surface area (Å²) in [6.07, 6.45) is 0.283. The van der Waals surface area contributed by atoms with Crippen molar-refractivity contribution in [3.63, 3.8) is 0 Å². The molecule has 0 radical (unpaired) electrons. The van der Waals surface area contributed by atoms with Crippen molar-refractivity contribution >= 4 is 11.5 Å². The van der Waals surface area contributed by atoms with Crippen molar-refractivity contribution in [2.75, 3.05) is 0 Å². The van der Waals surface area contributed by atoms with E-state index < -0.39 is 11.6 Å². The van der Waals surface area contributed by atoms with Crippen molar-refractivity contribution < 1.29 is 14.4 Å². The third kappa shape index (κ3) is 1.11. The van der Waals surface area contributed by atoms with E-state index in [0.29, 0.717) is 11.1 Å². The first-order valence-corrected chi connectivity index (χ1v) is 3.76. The Kier molecular flexibility index (Phi) is 1.62. The fourth-order valence-electron chi connectivity index (χ4n) is 1.41. The summed E-state index contributed by atoms with van der Waals surface area (Å²) in [4.78, 5) is 11.3. The molecule has 66 valence electrons. The lowest BCUT2D eigenvalue weighted by atomic mass is 10.1. The van der Waals surface area contributed by atoms with Gasteiger partial charge in [0, 0.05) is 12.0 Å². The van der Waals surface area contributed by atoms with Crippen LogP contribution in [-0.4, -0.2) is 16.7 Å². The molecular formula is C9H6FNO2. The zero-order chi connectivity index (χ0) is 9.42. The Hall–Kier alpha value is -1.71. The molecule has 1 aromatic rings. The van der Waals surface area contributed by atoms with Crippen LogP contribution in [-0.2, 0) is 6.42 Å². The topological polar surface area (TPSA) is 49.7 Å². The number of fused-ring (bicyclic) bond motifs is 1. The quantitative estimate of drug-likeness (QED) is 0.483. The van der Waals surface area contributed by atoms with Gasteiger partial charge in [0.05, 0.1) is 0 Å². The highest BCUT2D eigenvalue weighted by Gasteiger charge is 2.26. The first-order valence-electron chi connectivity index (χ1n) is 3.76. The molecule has 0 atom stereocenters. The van der Waals surface area contributed by atoms with Crippen LogP contribution in [0.25, 0.3) is 0 Å². The monoisotopic (exact) mass is 179 g/mol. The van der Waals surface area contributed by atoms with Crippen molar-refractivity contribution in [3.8, 4) is 0 Å². The van der Waals surface area contributed by atoms with Gasteiger partial charge in [0.25, 0.3) is 0 Å². The first-order chi connectivity index (χ1) is 6.22. The highest BCUT2D eigenvalue weighted by Crippen LogP contribution is 2.20. The summed E-state index contributed by atoms with van der Waals surface area (Å²) in [5.41, 5.74) is 1.08. The second-order valence-electron chi connectivity index (χ2n) is 2.85. The van der Waals surface area contributed by atoms with E-state index in [9.17, 15) is 9.18 Å². The molecule has 0 unspecified atom stereocenters. The van der Waals surface area contributed by atoms with E-state index in [1.54, 1.807) is 0 Å². The molecular weight excluding hydrogens is 173 g/mol. The summed E-state index contributed by atoms with van der Waals surface area (Å²) in [6.45, 7) is 0. The van der Waals surface area contributed by atoms with Crippen LogP contribution in [0.4, 0.5) is 4.39 Å². The van der Waals surface area contributed by atoms with Crippen LogP contribution in [0, 0.1) is 5.82 Å². The average molecular weight is 179 g/mol. The van der Waals surface area contributed by atoms with Gasteiger partial charge in [-0.15, -0.1) is 0 Å². The van der Waals surface area contributed by atoms with Gasteiger partial charge in [-0.05, 0) is 17.7 Å². The molecule has 0 spiro atoms. The van der Waals surface area contributed by atoms with Crippen molar-refractivity contribution in [2.24, 2.45) is 5.16 Å². The molecule has 0 saturated carbocycles. The van der Waals surface area contributed by atoms with Gasteiger partial charge in [0.1, 0.15) is 11.5 Å². The third-order valence-corrected chi connectivity index (χ3v) is 2.06. The Morgan fingerprint density at radius 3 is 2.92 bits per heavy atom. The normalized spacial score (nSPS) is 17.9. The minimum atomic E-state index is -0.453. The first kappa shape index (κ1) is 7.91. The van der Waals surface area contributed by atoms with Crippen LogP contribution < -0.4 is 0 Å². The van der Waals surface area contributed by atoms with Crippen LogP contribution in [0.2, 0.25) is 0 Å². The van der Waals surface area contributed by atoms with E-state index in [2.05, 4.69) is 5.16 Å². The Morgan fingerprint density at radius 1 is 1.46 bits per heavy atom. The summed E-state index contributed by atoms with van der Waals surface area (Å²) < 4.78 is 12.7. The molecule has 1 aromatic carbocycles. The number of carbonyl (C=O) groups excluding carboxylic acids is 1.